The summed E-state index contributed by atoms with van der Waals surface area (Å²) in [6.07, 6.45) is -1.60. The van der Waals surface area contributed by atoms with Crippen LogP contribution in [0.5, 0.6) is 0 Å². The van der Waals surface area contributed by atoms with Gasteiger partial charge >= 0.3 is 6.18 Å². The van der Waals surface area contributed by atoms with Crippen molar-refractivity contribution in [2.24, 2.45) is 0 Å². The average molecular weight is 635 g/mol. The van der Waals surface area contributed by atoms with Crippen molar-refractivity contribution in [2.45, 2.75) is 93.8 Å². The summed E-state index contributed by atoms with van der Waals surface area (Å²) in [5, 5.41) is 17.6. The number of alkyl halides is 4. The Morgan fingerprint density at radius 2 is 1.50 bits per heavy atom. The molecule has 0 saturated heterocycles. The van der Waals surface area contributed by atoms with Crippen molar-refractivity contribution in [1.29, 1.82) is 5.26 Å². The standard InChI is InChI=1S/C36H38F4N4O2/c1-34(2,37)21-30(32(45)42-29(22-41)20-23-6-4-3-5-7-23)44-31(36(38,39)40)26-10-8-24(9-11-26)25-12-14-27(15-13-25)35(18-19-35)33(46)43-28-16-17-28/h3-15,28-31,44H,16-21H2,1-2H3,(H,42,45)(H,43,46)/t29?,30-,31-/m0/s1. The van der Waals surface area contributed by atoms with Crippen LogP contribution in [0.3, 0.4) is 0 Å². The molecule has 2 amide bonds. The summed E-state index contributed by atoms with van der Waals surface area (Å²) in [7, 11) is 0. The Hall–Kier alpha value is -4.23. The molecule has 10 heteroatoms. The third-order valence-electron chi connectivity index (χ3n) is 8.57. The summed E-state index contributed by atoms with van der Waals surface area (Å²) < 4.78 is 58.1. The highest BCUT2D eigenvalue weighted by atomic mass is 19.4. The predicted molar refractivity (Wildman–Crippen MR) is 167 cm³/mol. The van der Waals surface area contributed by atoms with E-state index in [9.17, 15) is 32.4 Å². The summed E-state index contributed by atoms with van der Waals surface area (Å²) >= 11 is 0. The molecule has 2 aliphatic rings. The van der Waals surface area contributed by atoms with E-state index in [1.165, 1.54) is 26.0 Å². The first-order valence-electron chi connectivity index (χ1n) is 15.5. The van der Waals surface area contributed by atoms with Crippen LogP contribution in [0.25, 0.3) is 11.1 Å². The largest absolute Gasteiger partial charge is 0.407 e. The molecule has 0 aliphatic heterocycles. The number of rotatable bonds is 13. The Morgan fingerprint density at radius 1 is 0.913 bits per heavy atom. The molecule has 0 aromatic heterocycles. The monoisotopic (exact) mass is 634 g/mol. The van der Waals surface area contributed by atoms with Gasteiger partial charge in [0.25, 0.3) is 0 Å². The van der Waals surface area contributed by atoms with Gasteiger partial charge in [0.05, 0.1) is 17.5 Å². The first kappa shape index (κ1) is 33.1. The number of nitrogens with one attached hydrogen (secondary N) is 3. The number of benzene rings is 3. The van der Waals surface area contributed by atoms with Crippen LogP contribution < -0.4 is 16.0 Å². The second-order valence-electron chi connectivity index (χ2n) is 13.0. The smallest absolute Gasteiger partial charge is 0.353 e. The second kappa shape index (κ2) is 13.2. The first-order chi connectivity index (χ1) is 21.8. The number of hydrogen-bond acceptors (Lipinski definition) is 4. The molecule has 6 nitrogen and oxygen atoms in total. The number of nitriles is 1. The molecular formula is C36H38F4N4O2. The van der Waals surface area contributed by atoms with Gasteiger partial charge in [-0.05, 0) is 67.3 Å². The van der Waals surface area contributed by atoms with Crippen LogP contribution in [0.1, 0.15) is 68.7 Å². The minimum atomic E-state index is -4.81. The lowest BCUT2D eigenvalue weighted by atomic mass is 9.92. The molecule has 2 fully saturated rings. The van der Waals surface area contributed by atoms with Gasteiger partial charge in [0.1, 0.15) is 17.8 Å². The maximum absolute atomic E-state index is 14.8. The Bertz CT molecular complexity index is 1550. The number of amides is 2. The molecule has 0 radical (unpaired) electrons. The Balaban J connectivity index is 1.31. The summed E-state index contributed by atoms with van der Waals surface area (Å²) in [6, 6.07) is 19.6. The lowest BCUT2D eigenvalue weighted by Gasteiger charge is -2.30. The van der Waals surface area contributed by atoms with Crippen molar-refractivity contribution in [3.63, 3.8) is 0 Å². The molecule has 0 heterocycles. The molecule has 3 N–H and O–H groups in total. The Morgan fingerprint density at radius 3 is 2.00 bits per heavy atom. The van der Waals surface area contributed by atoms with E-state index < -0.39 is 47.7 Å². The van der Waals surface area contributed by atoms with Crippen LogP contribution in [0, 0.1) is 11.3 Å². The molecule has 5 rings (SSSR count). The third kappa shape index (κ3) is 8.32. The summed E-state index contributed by atoms with van der Waals surface area (Å²) in [4.78, 5) is 26.0. The van der Waals surface area contributed by atoms with E-state index in [-0.39, 0.29) is 23.9 Å². The Labute approximate surface area is 266 Å². The quantitative estimate of drug-likeness (QED) is 0.185. The summed E-state index contributed by atoms with van der Waals surface area (Å²) in [5.74, 6) is -0.835. The Kier molecular flexibility index (Phi) is 9.54. The van der Waals surface area contributed by atoms with Crippen LogP contribution in [0.2, 0.25) is 0 Å². The molecule has 2 aliphatic carbocycles. The highest BCUT2D eigenvalue weighted by Gasteiger charge is 2.52. The van der Waals surface area contributed by atoms with E-state index in [0.29, 0.717) is 5.56 Å². The topological polar surface area (TPSA) is 94.0 Å². The second-order valence-corrected chi connectivity index (χ2v) is 13.0. The lowest BCUT2D eigenvalue weighted by molar-refractivity contribution is -0.161. The molecule has 0 spiro atoms. The lowest BCUT2D eigenvalue weighted by Crippen LogP contribution is -2.53. The average Bonchev–Trinajstić information content (AvgIpc) is 3.95. The molecule has 242 valence electrons. The molecule has 3 aromatic carbocycles. The third-order valence-corrected chi connectivity index (χ3v) is 8.57. The molecule has 2 saturated carbocycles. The SMILES string of the molecule is CC(C)(F)C[C@H](N[C@@H](c1ccc(-c2ccc(C3(C(=O)NC4CC4)CC3)cc2)cc1)C(F)(F)F)C(=O)NC(C#N)Cc1ccccc1. The molecule has 3 aromatic rings. The van der Waals surface area contributed by atoms with Crippen molar-refractivity contribution >= 4 is 11.8 Å². The van der Waals surface area contributed by atoms with Gasteiger partial charge in [0, 0.05) is 18.9 Å². The van der Waals surface area contributed by atoms with Crippen LogP contribution in [0.4, 0.5) is 17.6 Å². The van der Waals surface area contributed by atoms with E-state index in [1.54, 1.807) is 42.5 Å². The number of nitrogens with zero attached hydrogens (tertiary/aromatic N) is 1. The number of carbonyl (C=O) groups excluding carboxylic acids is 2. The fourth-order valence-electron chi connectivity index (χ4n) is 5.72. The molecule has 46 heavy (non-hydrogen) atoms. The van der Waals surface area contributed by atoms with E-state index in [2.05, 4.69) is 16.0 Å². The number of hydrogen-bond donors (Lipinski definition) is 3. The molecular weight excluding hydrogens is 596 g/mol. The van der Waals surface area contributed by atoms with E-state index in [1.807, 2.05) is 30.3 Å². The predicted octanol–water partition coefficient (Wildman–Crippen LogP) is 6.61. The van der Waals surface area contributed by atoms with Gasteiger partial charge in [-0.1, -0.05) is 78.9 Å². The van der Waals surface area contributed by atoms with Crippen molar-refractivity contribution in [2.75, 3.05) is 0 Å². The van der Waals surface area contributed by atoms with Crippen LogP contribution in [-0.2, 0) is 21.4 Å². The molecule has 3 atom stereocenters. The highest BCUT2D eigenvalue weighted by Crippen LogP contribution is 2.49. The van der Waals surface area contributed by atoms with Crippen LogP contribution in [0.15, 0.2) is 78.9 Å². The van der Waals surface area contributed by atoms with Gasteiger partial charge in [0.2, 0.25) is 11.8 Å². The van der Waals surface area contributed by atoms with E-state index in [4.69, 9.17) is 0 Å². The minimum absolute atomic E-state index is 0.0558. The number of carbonyl (C=O) groups is 2. The van der Waals surface area contributed by atoms with Crippen molar-refractivity contribution in [3.05, 3.63) is 95.6 Å². The summed E-state index contributed by atoms with van der Waals surface area (Å²) in [5.41, 5.74) is 0.539. The van der Waals surface area contributed by atoms with Gasteiger partial charge in [-0.25, -0.2) is 4.39 Å². The molecule has 0 bridgehead atoms. The van der Waals surface area contributed by atoms with Crippen LogP contribution >= 0.6 is 0 Å². The van der Waals surface area contributed by atoms with Gasteiger partial charge in [-0.15, -0.1) is 0 Å². The van der Waals surface area contributed by atoms with Crippen molar-refractivity contribution in [1.82, 2.24) is 16.0 Å². The first-order valence-corrected chi connectivity index (χ1v) is 15.5. The molecule has 1 unspecified atom stereocenters. The highest BCUT2D eigenvalue weighted by molar-refractivity contribution is 5.91. The fraction of sp³-hybridized carbons (Fsp3) is 0.417. The maximum Gasteiger partial charge on any atom is 0.407 e. The van der Waals surface area contributed by atoms with Gasteiger partial charge in [-0.3, -0.25) is 14.9 Å². The van der Waals surface area contributed by atoms with Gasteiger partial charge in [0.15, 0.2) is 0 Å². The zero-order valence-corrected chi connectivity index (χ0v) is 25.8. The van der Waals surface area contributed by atoms with Crippen LogP contribution in [-0.4, -0.2) is 41.8 Å². The van der Waals surface area contributed by atoms with E-state index in [0.717, 1.165) is 42.4 Å². The normalized spacial score (nSPS) is 17.7. The fourth-order valence-corrected chi connectivity index (χ4v) is 5.72. The maximum atomic E-state index is 14.8. The number of halogens is 4. The van der Waals surface area contributed by atoms with Gasteiger partial charge in [-0.2, -0.15) is 18.4 Å². The zero-order chi connectivity index (χ0) is 33.1. The summed E-state index contributed by atoms with van der Waals surface area (Å²) in [6.45, 7) is 2.38. The van der Waals surface area contributed by atoms with E-state index >= 15 is 0 Å². The van der Waals surface area contributed by atoms with Gasteiger partial charge < -0.3 is 10.6 Å². The zero-order valence-electron chi connectivity index (χ0n) is 25.8. The van der Waals surface area contributed by atoms with Crippen molar-refractivity contribution < 1.29 is 27.2 Å². The minimum Gasteiger partial charge on any atom is -0.353 e. The van der Waals surface area contributed by atoms with Crippen molar-refractivity contribution in [3.8, 4) is 17.2 Å².